The molecule has 0 radical (unpaired) electrons. The van der Waals surface area contributed by atoms with Crippen LogP contribution in [-0.2, 0) is 4.74 Å². The maximum atomic E-state index is 11.2. The molecule has 2 aliphatic heterocycles. The van der Waals surface area contributed by atoms with Gasteiger partial charge in [-0.05, 0) is 71.6 Å². The van der Waals surface area contributed by atoms with Crippen LogP contribution in [0.4, 0.5) is 0 Å². The van der Waals surface area contributed by atoms with E-state index in [2.05, 4.69) is 6.08 Å². The van der Waals surface area contributed by atoms with Crippen LogP contribution < -0.4 is 4.74 Å². The first-order valence-electron chi connectivity index (χ1n) is 9.79. The van der Waals surface area contributed by atoms with Crippen LogP contribution in [-0.4, -0.2) is 44.7 Å². The molecule has 3 N–H and O–H groups in total. The number of benzene rings is 1. The molecule has 1 aromatic carbocycles. The topological polar surface area (TPSA) is 96.2 Å². The molecule has 0 amide bonds. The van der Waals surface area contributed by atoms with Crippen LogP contribution in [0.2, 0.25) is 0 Å². The Bertz CT molecular complexity index is 779. The van der Waals surface area contributed by atoms with E-state index in [0.717, 1.165) is 6.42 Å². The average molecular weight is 390 g/mol. The van der Waals surface area contributed by atoms with Gasteiger partial charge in [-0.3, -0.25) is 0 Å². The third kappa shape index (κ3) is 3.95. The van der Waals surface area contributed by atoms with Crippen molar-refractivity contribution in [2.45, 2.75) is 82.9 Å². The number of fused-ring (bicyclic) bond motifs is 1. The van der Waals surface area contributed by atoms with Crippen LogP contribution in [0.25, 0.3) is 0 Å². The minimum atomic E-state index is -1.05. The zero-order valence-electron chi connectivity index (χ0n) is 16.9. The number of hydrogen-bond acceptors (Lipinski definition) is 5. The van der Waals surface area contributed by atoms with Crippen molar-refractivity contribution in [1.29, 1.82) is 0 Å². The SMILES string of the molecule is CC(C)=CCCC(C)(O)C1CCC(C)(C2Oc3ccc(C(=O)O)cc3C2O)O1. The lowest BCUT2D eigenvalue weighted by molar-refractivity contribution is -0.167. The maximum Gasteiger partial charge on any atom is 0.335 e. The van der Waals surface area contributed by atoms with E-state index in [-0.39, 0.29) is 11.7 Å². The molecular formula is C22H30O6. The summed E-state index contributed by atoms with van der Waals surface area (Å²) in [6.07, 6.45) is 2.80. The van der Waals surface area contributed by atoms with E-state index in [0.29, 0.717) is 30.6 Å². The summed E-state index contributed by atoms with van der Waals surface area (Å²) < 4.78 is 12.2. The number of aliphatic hydroxyl groups excluding tert-OH is 1. The molecule has 5 unspecified atom stereocenters. The Balaban J connectivity index is 1.72. The standard InChI is InChI=1S/C22H30O6/c1-13(2)6-5-10-21(3,26)17-9-11-22(4,28-17)19-18(23)15-12-14(20(24)25)7-8-16(15)27-19/h6-8,12,17-19,23,26H,5,9-11H2,1-4H3,(H,24,25). The number of carboxylic acids is 1. The van der Waals surface area contributed by atoms with Gasteiger partial charge in [-0.1, -0.05) is 11.6 Å². The molecule has 28 heavy (non-hydrogen) atoms. The molecule has 1 aromatic rings. The number of hydrogen-bond donors (Lipinski definition) is 3. The quantitative estimate of drug-likeness (QED) is 0.642. The number of ether oxygens (including phenoxy) is 2. The van der Waals surface area contributed by atoms with E-state index in [9.17, 15) is 20.1 Å². The van der Waals surface area contributed by atoms with E-state index in [4.69, 9.17) is 9.47 Å². The minimum absolute atomic E-state index is 0.111. The number of aliphatic hydroxyl groups is 2. The van der Waals surface area contributed by atoms with Gasteiger partial charge in [0.05, 0.1) is 17.3 Å². The second kappa shape index (κ2) is 7.50. The van der Waals surface area contributed by atoms with Crippen molar-refractivity contribution in [3.63, 3.8) is 0 Å². The van der Waals surface area contributed by atoms with Crippen molar-refractivity contribution in [2.75, 3.05) is 0 Å². The molecule has 2 aliphatic rings. The Morgan fingerprint density at radius 2 is 2.11 bits per heavy atom. The first-order chi connectivity index (χ1) is 13.0. The summed E-state index contributed by atoms with van der Waals surface area (Å²) in [4.78, 5) is 11.2. The maximum absolute atomic E-state index is 11.2. The first kappa shape index (κ1) is 20.8. The summed E-state index contributed by atoms with van der Waals surface area (Å²) >= 11 is 0. The van der Waals surface area contributed by atoms with Gasteiger partial charge in [0.15, 0.2) is 6.10 Å². The van der Waals surface area contributed by atoms with Crippen LogP contribution >= 0.6 is 0 Å². The smallest absolute Gasteiger partial charge is 0.335 e. The van der Waals surface area contributed by atoms with Crippen molar-refractivity contribution >= 4 is 5.97 Å². The molecule has 5 atom stereocenters. The Morgan fingerprint density at radius 3 is 2.75 bits per heavy atom. The molecule has 6 heteroatoms. The summed E-state index contributed by atoms with van der Waals surface area (Å²) in [5, 5.41) is 30.9. The summed E-state index contributed by atoms with van der Waals surface area (Å²) in [6, 6.07) is 4.49. The van der Waals surface area contributed by atoms with Gasteiger partial charge in [-0.2, -0.15) is 0 Å². The molecule has 154 valence electrons. The Morgan fingerprint density at radius 1 is 1.39 bits per heavy atom. The summed E-state index contributed by atoms with van der Waals surface area (Å²) in [5.41, 5.74) is 0.0471. The fraction of sp³-hybridized carbons (Fsp3) is 0.591. The zero-order valence-corrected chi connectivity index (χ0v) is 16.9. The van der Waals surface area contributed by atoms with Crippen LogP contribution in [0.1, 0.15) is 75.4 Å². The van der Waals surface area contributed by atoms with Gasteiger partial charge in [0.25, 0.3) is 0 Å². The fourth-order valence-electron chi connectivity index (χ4n) is 4.16. The van der Waals surface area contributed by atoms with Gasteiger partial charge in [0, 0.05) is 5.56 Å². The van der Waals surface area contributed by atoms with Crippen molar-refractivity contribution in [3.8, 4) is 5.75 Å². The Labute approximate surface area is 165 Å². The van der Waals surface area contributed by atoms with Gasteiger partial charge in [0.1, 0.15) is 17.5 Å². The van der Waals surface area contributed by atoms with E-state index in [1.165, 1.54) is 17.7 Å². The molecule has 2 heterocycles. The molecular weight excluding hydrogens is 360 g/mol. The second-order valence-corrected chi connectivity index (χ2v) is 8.68. The van der Waals surface area contributed by atoms with Crippen LogP contribution in [0, 0.1) is 0 Å². The molecule has 0 bridgehead atoms. The predicted octanol–water partition coefficient (Wildman–Crippen LogP) is 3.61. The largest absolute Gasteiger partial charge is 0.484 e. The molecule has 1 saturated heterocycles. The number of carbonyl (C=O) groups is 1. The summed E-state index contributed by atoms with van der Waals surface area (Å²) in [5.74, 6) is -0.569. The summed E-state index contributed by atoms with van der Waals surface area (Å²) in [7, 11) is 0. The van der Waals surface area contributed by atoms with E-state index < -0.39 is 29.4 Å². The highest BCUT2D eigenvalue weighted by atomic mass is 16.6. The number of allylic oxidation sites excluding steroid dienone is 2. The third-order valence-corrected chi connectivity index (χ3v) is 5.93. The second-order valence-electron chi connectivity index (χ2n) is 8.68. The molecule has 3 rings (SSSR count). The molecule has 6 nitrogen and oxygen atoms in total. The van der Waals surface area contributed by atoms with Crippen LogP contribution in [0.15, 0.2) is 29.8 Å². The number of aromatic carboxylic acids is 1. The van der Waals surface area contributed by atoms with E-state index in [1.807, 2.05) is 20.8 Å². The molecule has 0 aromatic heterocycles. The van der Waals surface area contributed by atoms with Crippen molar-refractivity contribution in [3.05, 3.63) is 41.0 Å². The third-order valence-electron chi connectivity index (χ3n) is 5.93. The minimum Gasteiger partial charge on any atom is -0.484 e. The highest BCUT2D eigenvalue weighted by Crippen LogP contribution is 2.48. The Hall–Kier alpha value is -1.89. The lowest BCUT2D eigenvalue weighted by Gasteiger charge is -2.36. The van der Waals surface area contributed by atoms with Gasteiger partial charge < -0.3 is 24.8 Å². The number of rotatable bonds is 6. The van der Waals surface area contributed by atoms with Gasteiger partial charge in [0.2, 0.25) is 0 Å². The van der Waals surface area contributed by atoms with E-state index in [1.54, 1.807) is 13.0 Å². The molecule has 0 aliphatic carbocycles. The van der Waals surface area contributed by atoms with Gasteiger partial charge in [-0.25, -0.2) is 4.79 Å². The normalized spacial score (nSPS) is 31.0. The fourth-order valence-corrected chi connectivity index (χ4v) is 4.16. The first-order valence-corrected chi connectivity index (χ1v) is 9.79. The van der Waals surface area contributed by atoms with Crippen molar-refractivity contribution in [1.82, 2.24) is 0 Å². The van der Waals surface area contributed by atoms with Crippen molar-refractivity contribution < 1.29 is 29.6 Å². The highest BCUT2D eigenvalue weighted by molar-refractivity contribution is 5.88. The average Bonchev–Trinajstić information content (AvgIpc) is 3.17. The van der Waals surface area contributed by atoms with Crippen LogP contribution in [0.3, 0.4) is 0 Å². The van der Waals surface area contributed by atoms with E-state index >= 15 is 0 Å². The van der Waals surface area contributed by atoms with Crippen LogP contribution in [0.5, 0.6) is 5.75 Å². The number of carboxylic acid groups (broad SMARTS) is 1. The Kier molecular flexibility index (Phi) is 5.58. The monoisotopic (exact) mass is 390 g/mol. The predicted molar refractivity (Wildman–Crippen MR) is 105 cm³/mol. The lowest BCUT2D eigenvalue weighted by atomic mass is 9.88. The molecule has 0 spiro atoms. The highest BCUT2D eigenvalue weighted by Gasteiger charge is 2.53. The van der Waals surface area contributed by atoms with Gasteiger partial charge >= 0.3 is 5.97 Å². The van der Waals surface area contributed by atoms with Crippen molar-refractivity contribution in [2.24, 2.45) is 0 Å². The molecule has 1 fully saturated rings. The zero-order chi connectivity index (χ0) is 20.7. The molecule has 0 saturated carbocycles. The summed E-state index contributed by atoms with van der Waals surface area (Å²) in [6.45, 7) is 7.74. The lowest BCUT2D eigenvalue weighted by Crippen LogP contribution is -2.47. The van der Waals surface area contributed by atoms with Gasteiger partial charge in [-0.15, -0.1) is 0 Å².